The Labute approximate surface area is 289 Å². The van der Waals surface area contributed by atoms with E-state index in [1.54, 1.807) is 0 Å². The Morgan fingerprint density at radius 2 is 1.00 bits per heavy atom. The van der Waals surface area contributed by atoms with Gasteiger partial charge in [0.25, 0.3) is 0 Å². The fourth-order valence-electron chi connectivity index (χ4n) is 9.29. The fraction of sp³-hybridized carbons (Fsp3) is 0.383. The van der Waals surface area contributed by atoms with Crippen molar-refractivity contribution in [3.8, 4) is 22.3 Å². The van der Waals surface area contributed by atoms with Crippen LogP contribution in [0.5, 0.6) is 0 Å². The molecule has 0 radical (unpaired) electrons. The average Bonchev–Trinajstić information content (AvgIpc) is 3.66. The molecule has 6 rings (SSSR count). The fourth-order valence-corrected chi connectivity index (χ4v) is 35.4. The molecule has 251 valence electrons. The van der Waals surface area contributed by atoms with Crippen LogP contribution in [0.25, 0.3) is 34.4 Å². The Morgan fingerprint density at radius 3 is 1.35 bits per heavy atom. The third-order valence-corrected chi connectivity index (χ3v) is 41.8. The van der Waals surface area contributed by atoms with Gasteiger partial charge in [-0.1, -0.05) is 0 Å². The summed E-state index contributed by atoms with van der Waals surface area (Å²) in [7, 11) is 0. The zero-order valence-corrected chi connectivity index (χ0v) is 35.5. The third-order valence-electron chi connectivity index (χ3n) is 12.5. The van der Waals surface area contributed by atoms with Gasteiger partial charge in [0.15, 0.2) is 0 Å². The molecule has 0 aliphatic heterocycles. The van der Waals surface area contributed by atoms with Gasteiger partial charge in [-0.15, -0.1) is 0 Å². The molecule has 0 spiro atoms. The van der Waals surface area contributed by atoms with Crippen molar-refractivity contribution in [1.82, 2.24) is 0 Å². The molecular formula is C47H59Hf. The van der Waals surface area contributed by atoms with Crippen molar-refractivity contribution in [3.63, 3.8) is 0 Å². The summed E-state index contributed by atoms with van der Waals surface area (Å²) in [5.41, 5.74) is 17.2. The number of allylic oxidation sites excluding steroid dienone is 2. The van der Waals surface area contributed by atoms with Crippen LogP contribution in [-0.4, -0.2) is 3.76 Å². The maximum atomic E-state index is 2.90. The molecule has 0 N–H and O–H groups in total. The summed E-state index contributed by atoms with van der Waals surface area (Å²) in [6.07, 6.45) is 12.5. The van der Waals surface area contributed by atoms with Gasteiger partial charge in [-0.3, -0.25) is 0 Å². The summed E-state index contributed by atoms with van der Waals surface area (Å²) in [6, 6.07) is 28.5. The minimum atomic E-state index is -4.55. The van der Waals surface area contributed by atoms with Crippen molar-refractivity contribution in [2.45, 2.75) is 107 Å². The standard InChI is InChI=1S/2C20H21.C4H8.3CH3.Hf/c2*1-14-13-16(20(2,3)4)11-12-17(14)19-10-6-8-15-7-5-9-18(15)19;1-3-4-2;;;;/h2*5-13H,1-4H3;1H,3-4H2,2H3;3*1H3;. The van der Waals surface area contributed by atoms with E-state index in [0.717, 1.165) is 6.42 Å². The first-order chi connectivity index (χ1) is 22.3. The summed E-state index contributed by atoms with van der Waals surface area (Å²) >= 11 is -4.55. The second-order valence-electron chi connectivity index (χ2n) is 19.4. The van der Waals surface area contributed by atoms with E-state index in [0.29, 0.717) is 7.35 Å². The molecule has 2 atom stereocenters. The Bertz CT molecular complexity index is 1940. The van der Waals surface area contributed by atoms with Crippen LogP contribution < -0.4 is 0 Å². The van der Waals surface area contributed by atoms with E-state index in [1.807, 2.05) is 0 Å². The first-order valence-electron chi connectivity index (χ1n) is 18.4. The molecule has 0 aromatic heterocycles. The van der Waals surface area contributed by atoms with Gasteiger partial charge in [-0.25, -0.2) is 0 Å². The molecule has 1 heteroatoms. The van der Waals surface area contributed by atoms with Gasteiger partial charge in [0.1, 0.15) is 0 Å². The van der Waals surface area contributed by atoms with E-state index < -0.39 is 16.5 Å². The van der Waals surface area contributed by atoms with E-state index in [4.69, 9.17) is 0 Å². The van der Waals surface area contributed by atoms with Gasteiger partial charge in [0, 0.05) is 0 Å². The number of hydrogen-bond donors (Lipinski definition) is 0. The first-order valence-corrected chi connectivity index (χ1v) is 35.4. The number of unbranched alkanes of at least 4 members (excludes halogenated alkanes) is 1. The number of aryl methyl sites for hydroxylation is 2. The SMILES string of the molecule is CCC[CH]=[Hf]([CH3])([CH3])([CH3])([CH]1C=Cc2c(-c3ccc(C(C)(C)C)cc3C)cccc21)[CH]1C=Cc2c(-c3ccc(C(C)(C)C)cc3C)cccc21. The summed E-state index contributed by atoms with van der Waals surface area (Å²) < 4.78 is 12.0. The first kappa shape index (κ1) is 34.9. The van der Waals surface area contributed by atoms with E-state index in [9.17, 15) is 0 Å². The number of hydrogen-bond acceptors (Lipinski definition) is 0. The predicted octanol–water partition coefficient (Wildman–Crippen LogP) is 14.0. The zero-order valence-electron chi connectivity index (χ0n) is 31.9. The van der Waals surface area contributed by atoms with Crippen LogP contribution in [0.1, 0.15) is 113 Å². The molecule has 0 saturated carbocycles. The Kier molecular flexibility index (Phi) is 8.24. The molecule has 2 aliphatic rings. The number of benzene rings is 4. The molecule has 0 bridgehead atoms. The van der Waals surface area contributed by atoms with Gasteiger partial charge in [-0.05, 0) is 0 Å². The molecule has 2 aliphatic carbocycles. The van der Waals surface area contributed by atoms with E-state index in [2.05, 4.69) is 177 Å². The summed E-state index contributed by atoms with van der Waals surface area (Å²) in [4.78, 5) is 0. The molecule has 0 fully saturated rings. The monoisotopic (exact) mass is 803 g/mol. The van der Waals surface area contributed by atoms with Crippen LogP contribution in [0.4, 0.5) is 0 Å². The second kappa shape index (κ2) is 11.3. The van der Waals surface area contributed by atoms with E-state index >= 15 is 0 Å². The Balaban J connectivity index is 1.50. The molecule has 0 saturated heterocycles. The second-order valence-corrected chi connectivity index (χ2v) is 58.4. The van der Waals surface area contributed by atoms with E-state index in [1.165, 1.54) is 73.2 Å². The van der Waals surface area contributed by atoms with Crippen molar-refractivity contribution in [2.75, 3.05) is 0 Å². The number of rotatable bonds is 6. The maximum absolute atomic E-state index is 4.55. The zero-order chi connectivity index (χ0) is 34.9. The molecule has 2 unspecified atom stereocenters. The topological polar surface area (TPSA) is 0 Å². The van der Waals surface area contributed by atoms with Gasteiger partial charge in [0.2, 0.25) is 0 Å². The molecule has 4 aromatic carbocycles. The molecule has 0 heterocycles. The van der Waals surface area contributed by atoms with Crippen molar-refractivity contribution in [1.29, 1.82) is 0 Å². The van der Waals surface area contributed by atoms with Crippen LogP contribution in [0.3, 0.4) is 0 Å². The van der Waals surface area contributed by atoms with Crippen LogP contribution in [0.2, 0.25) is 14.0 Å². The predicted molar refractivity (Wildman–Crippen MR) is 213 cm³/mol. The third kappa shape index (κ3) is 5.67. The van der Waals surface area contributed by atoms with Gasteiger partial charge < -0.3 is 0 Å². The Hall–Kier alpha value is -2.90. The molecule has 0 nitrogen and oxygen atoms in total. The van der Waals surface area contributed by atoms with Crippen molar-refractivity contribution in [3.05, 3.63) is 129 Å². The summed E-state index contributed by atoms with van der Waals surface area (Å²) in [5, 5.41) is 0. The van der Waals surface area contributed by atoms with E-state index in [-0.39, 0.29) is 10.8 Å². The van der Waals surface area contributed by atoms with Gasteiger partial charge in [0.05, 0.1) is 0 Å². The van der Waals surface area contributed by atoms with Crippen molar-refractivity contribution >= 4 is 15.9 Å². The number of fused-ring (bicyclic) bond motifs is 2. The van der Waals surface area contributed by atoms with Crippen LogP contribution in [0.15, 0.2) is 84.9 Å². The van der Waals surface area contributed by atoms with Gasteiger partial charge in [-0.2, -0.15) is 0 Å². The van der Waals surface area contributed by atoms with Crippen molar-refractivity contribution < 1.29 is 16.5 Å². The van der Waals surface area contributed by atoms with Crippen LogP contribution in [0, 0.1) is 13.8 Å². The summed E-state index contributed by atoms with van der Waals surface area (Å²) in [5.74, 6) is 0. The molecular weight excluding hydrogens is 743 g/mol. The molecule has 0 amide bonds. The van der Waals surface area contributed by atoms with Crippen LogP contribution >= 0.6 is 0 Å². The Morgan fingerprint density at radius 1 is 0.583 bits per heavy atom. The van der Waals surface area contributed by atoms with Gasteiger partial charge >= 0.3 is 292 Å². The molecule has 4 aromatic rings. The van der Waals surface area contributed by atoms with Crippen molar-refractivity contribution in [2.24, 2.45) is 0 Å². The molecule has 48 heavy (non-hydrogen) atoms. The normalized spacial score (nSPS) is 18.8. The van der Waals surface area contributed by atoms with Crippen LogP contribution in [-0.2, 0) is 27.4 Å². The average molecular weight is 802 g/mol. The summed E-state index contributed by atoms with van der Waals surface area (Å²) in [6.45, 7) is 20.8. The minimum absolute atomic E-state index is 0.140. The quantitative estimate of drug-likeness (QED) is 0.170.